The molecule has 4 heterocycles. The third-order valence-electron chi connectivity index (χ3n) is 8.04. The lowest BCUT2D eigenvalue weighted by Gasteiger charge is -2.42. The fraction of sp³-hybridized carbons (Fsp3) is 0.429. The topological polar surface area (TPSA) is 97.3 Å². The number of aromatic nitrogens is 4. The summed E-state index contributed by atoms with van der Waals surface area (Å²) in [6.07, 6.45) is 5.59. The lowest BCUT2D eigenvalue weighted by atomic mass is 9.98. The van der Waals surface area contributed by atoms with Crippen LogP contribution in [-0.2, 0) is 13.6 Å². The molecule has 2 aromatic heterocycles. The second-order valence-corrected chi connectivity index (χ2v) is 10.6. The summed E-state index contributed by atoms with van der Waals surface area (Å²) in [5.41, 5.74) is 3.01. The van der Waals surface area contributed by atoms with E-state index in [9.17, 15) is 14.5 Å². The Morgan fingerprint density at radius 1 is 1.08 bits per heavy atom. The molecule has 204 valence electrons. The number of benzene rings is 2. The summed E-state index contributed by atoms with van der Waals surface area (Å²) in [5, 5.41) is 15.2. The SMILES string of the molecule is Cn1cnc([N+](=O)[O-])c1N1CCCC(N2CCC(Nc3nc4ccccc4n3Cc3ccc(F)cc3)CC2)C1. The zero-order valence-electron chi connectivity index (χ0n) is 22.0. The van der Waals surface area contributed by atoms with Crippen molar-refractivity contribution in [2.75, 3.05) is 36.4 Å². The van der Waals surface area contributed by atoms with Crippen molar-refractivity contribution in [1.82, 2.24) is 24.0 Å². The van der Waals surface area contributed by atoms with Crippen molar-refractivity contribution in [3.8, 4) is 0 Å². The maximum absolute atomic E-state index is 13.5. The largest absolute Gasteiger partial charge is 0.406 e. The first-order valence-electron chi connectivity index (χ1n) is 13.6. The third kappa shape index (κ3) is 5.18. The van der Waals surface area contributed by atoms with Crippen molar-refractivity contribution in [3.63, 3.8) is 0 Å². The maximum Gasteiger partial charge on any atom is 0.406 e. The fourth-order valence-corrected chi connectivity index (χ4v) is 6.06. The van der Waals surface area contributed by atoms with Crippen molar-refractivity contribution in [3.05, 3.63) is 76.4 Å². The predicted molar refractivity (Wildman–Crippen MR) is 149 cm³/mol. The number of likely N-dealkylation sites (tertiary alicyclic amines) is 1. The van der Waals surface area contributed by atoms with Gasteiger partial charge in [0.1, 0.15) is 5.82 Å². The van der Waals surface area contributed by atoms with Gasteiger partial charge in [0.05, 0.1) is 17.6 Å². The first-order chi connectivity index (χ1) is 19.0. The Morgan fingerprint density at radius 2 is 1.85 bits per heavy atom. The van der Waals surface area contributed by atoms with Crippen molar-refractivity contribution in [2.45, 2.75) is 44.3 Å². The smallest absolute Gasteiger partial charge is 0.358 e. The van der Waals surface area contributed by atoms with Crippen molar-refractivity contribution >= 4 is 28.6 Å². The van der Waals surface area contributed by atoms with Crippen LogP contribution in [0.15, 0.2) is 54.9 Å². The van der Waals surface area contributed by atoms with Crippen LogP contribution in [0, 0.1) is 15.9 Å². The first kappa shape index (κ1) is 25.3. The van der Waals surface area contributed by atoms with Gasteiger partial charge in [-0.05, 0) is 65.4 Å². The number of nitro groups is 1. The number of nitrogens with zero attached hydrogens (tertiary/aromatic N) is 7. The summed E-state index contributed by atoms with van der Waals surface area (Å²) in [5.74, 6) is 1.14. The number of aryl methyl sites for hydroxylation is 1. The first-order valence-corrected chi connectivity index (χ1v) is 13.6. The number of hydrogen-bond acceptors (Lipinski definition) is 7. The molecular weight excluding hydrogens is 499 g/mol. The zero-order chi connectivity index (χ0) is 26.9. The summed E-state index contributed by atoms with van der Waals surface area (Å²) in [4.78, 5) is 24.7. The Morgan fingerprint density at radius 3 is 2.62 bits per heavy atom. The molecule has 0 spiro atoms. The zero-order valence-corrected chi connectivity index (χ0v) is 22.0. The van der Waals surface area contributed by atoms with Crippen LogP contribution in [0.1, 0.15) is 31.2 Å². The molecule has 0 bridgehead atoms. The van der Waals surface area contributed by atoms with Crippen LogP contribution in [0.4, 0.5) is 22.0 Å². The maximum atomic E-state index is 13.5. The number of halogens is 1. The Balaban J connectivity index is 1.12. The van der Waals surface area contributed by atoms with Gasteiger partial charge in [-0.2, -0.15) is 0 Å². The predicted octanol–water partition coefficient (Wildman–Crippen LogP) is 4.41. The molecule has 2 aliphatic heterocycles. The second kappa shape index (κ2) is 10.6. The molecule has 0 aliphatic carbocycles. The minimum atomic E-state index is -0.389. The third-order valence-corrected chi connectivity index (χ3v) is 8.04. The van der Waals surface area contributed by atoms with E-state index in [0.29, 0.717) is 24.4 Å². The van der Waals surface area contributed by atoms with Crippen LogP contribution < -0.4 is 10.2 Å². The minimum Gasteiger partial charge on any atom is -0.358 e. The molecule has 2 aliphatic rings. The van der Waals surface area contributed by atoms with Gasteiger partial charge >= 0.3 is 5.82 Å². The monoisotopic (exact) mass is 532 g/mol. The lowest BCUT2D eigenvalue weighted by Crippen LogP contribution is -2.52. The molecule has 0 amide bonds. The van der Waals surface area contributed by atoms with Gasteiger partial charge < -0.3 is 24.9 Å². The van der Waals surface area contributed by atoms with Crippen LogP contribution in [0.25, 0.3) is 11.0 Å². The molecule has 2 saturated heterocycles. The summed E-state index contributed by atoms with van der Waals surface area (Å²) in [6.45, 7) is 4.11. The van der Waals surface area contributed by atoms with Gasteiger partial charge in [0.25, 0.3) is 0 Å². The quantitative estimate of drug-likeness (QED) is 0.278. The number of nitrogens with one attached hydrogen (secondary N) is 1. The van der Waals surface area contributed by atoms with E-state index in [1.54, 1.807) is 4.57 Å². The van der Waals surface area contributed by atoms with E-state index in [1.807, 2.05) is 37.4 Å². The summed E-state index contributed by atoms with van der Waals surface area (Å²) < 4.78 is 17.4. The van der Waals surface area contributed by atoms with E-state index >= 15 is 0 Å². The highest BCUT2D eigenvalue weighted by Gasteiger charge is 2.33. The molecule has 39 heavy (non-hydrogen) atoms. The molecule has 2 aromatic carbocycles. The van der Waals surface area contributed by atoms with Gasteiger partial charge in [0.15, 0.2) is 0 Å². The standard InChI is InChI=1S/C28H33FN8O2/c1-33-19-30-26(37(38)39)27(33)35-14-4-5-23(18-35)34-15-12-22(13-16-34)31-28-32-24-6-2-3-7-25(24)36(28)17-20-8-10-21(29)11-9-20/h2-3,6-11,19,22-23H,4-5,12-18H2,1H3,(H,31,32). The molecule has 0 saturated carbocycles. The van der Waals surface area contributed by atoms with Crippen molar-refractivity contribution < 1.29 is 9.31 Å². The average Bonchev–Trinajstić information content (AvgIpc) is 3.50. The number of hydrogen-bond donors (Lipinski definition) is 1. The Labute approximate surface area is 226 Å². The number of piperidine rings is 2. The van der Waals surface area contributed by atoms with E-state index in [2.05, 4.69) is 30.7 Å². The Bertz CT molecular complexity index is 1460. The molecule has 0 radical (unpaired) electrons. The molecule has 1 unspecified atom stereocenters. The second-order valence-electron chi connectivity index (χ2n) is 10.6. The fourth-order valence-electron chi connectivity index (χ4n) is 6.06. The van der Waals surface area contributed by atoms with Gasteiger partial charge in [-0.15, -0.1) is 0 Å². The van der Waals surface area contributed by atoms with Crippen LogP contribution in [0.3, 0.4) is 0 Å². The van der Waals surface area contributed by atoms with E-state index in [1.165, 1.54) is 18.5 Å². The number of fused-ring (bicyclic) bond motifs is 1. The lowest BCUT2D eigenvalue weighted by molar-refractivity contribution is -0.388. The normalized spacial score (nSPS) is 19.0. The highest BCUT2D eigenvalue weighted by molar-refractivity contribution is 5.78. The van der Waals surface area contributed by atoms with Gasteiger partial charge in [-0.1, -0.05) is 24.3 Å². The van der Waals surface area contributed by atoms with Gasteiger partial charge in [0.2, 0.25) is 18.1 Å². The van der Waals surface area contributed by atoms with Crippen LogP contribution in [0.2, 0.25) is 0 Å². The van der Waals surface area contributed by atoms with Crippen LogP contribution >= 0.6 is 0 Å². The average molecular weight is 533 g/mol. The Hall–Kier alpha value is -3.99. The van der Waals surface area contributed by atoms with E-state index in [4.69, 9.17) is 4.98 Å². The molecule has 10 nitrogen and oxygen atoms in total. The molecule has 11 heteroatoms. The van der Waals surface area contributed by atoms with E-state index in [0.717, 1.165) is 74.4 Å². The highest BCUT2D eigenvalue weighted by Crippen LogP contribution is 2.31. The molecule has 6 rings (SSSR count). The summed E-state index contributed by atoms with van der Waals surface area (Å²) in [7, 11) is 1.82. The number of imidazole rings is 2. The van der Waals surface area contributed by atoms with Crippen molar-refractivity contribution in [2.24, 2.45) is 7.05 Å². The molecule has 1 N–H and O–H groups in total. The van der Waals surface area contributed by atoms with Crippen LogP contribution in [0.5, 0.6) is 0 Å². The van der Waals surface area contributed by atoms with E-state index in [-0.39, 0.29) is 16.6 Å². The highest BCUT2D eigenvalue weighted by atomic mass is 19.1. The molecule has 2 fully saturated rings. The summed E-state index contributed by atoms with van der Waals surface area (Å²) >= 11 is 0. The van der Waals surface area contributed by atoms with Gasteiger partial charge in [-0.25, -0.2) is 9.37 Å². The van der Waals surface area contributed by atoms with Gasteiger partial charge in [-0.3, -0.25) is 9.47 Å². The Kier molecular flexibility index (Phi) is 6.90. The molecular formula is C28H33FN8O2. The minimum absolute atomic E-state index is 0.0652. The molecule has 1 atom stereocenters. The van der Waals surface area contributed by atoms with Crippen LogP contribution in [-0.4, -0.2) is 67.2 Å². The number of anilines is 2. The number of rotatable bonds is 7. The molecule has 4 aromatic rings. The summed E-state index contributed by atoms with van der Waals surface area (Å²) in [6, 6.07) is 15.4. The van der Waals surface area contributed by atoms with Crippen molar-refractivity contribution in [1.29, 1.82) is 0 Å². The van der Waals surface area contributed by atoms with Gasteiger partial charge in [0, 0.05) is 45.3 Å². The number of para-hydroxylation sites is 2. The van der Waals surface area contributed by atoms with E-state index < -0.39 is 0 Å².